The van der Waals surface area contributed by atoms with Gasteiger partial charge in [-0.15, -0.1) is 0 Å². The Morgan fingerprint density at radius 3 is 2.81 bits per heavy atom. The van der Waals surface area contributed by atoms with Gasteiger partial charge in [-0.2, -0.15) is 0 Å². The van der Waals surface area contributed by atoms with Gasteiger partial charge in [0.1, 0.15) is 11.9 Å². The highest BCUT2D eigenvalue weighted by molar-refractivity contribution is 5.52. The minimum absolute atomic E-state index is 0.134. The lowest BCUT2D eigenvalue weighted by Crippen LogP contribution is -2.21. The Kier molecular flexibility index (Phi) is 4.51. The van der Waals surface area contributed by atoms with Crippen LogP contribution in [0.2, 0.25) is 0 Å². The molecule has 0 aliphatic carbocycles. The Morgan fingerprint density at radius 1 is 1.29 bits per heavy atom. The first-order chi connectivity index (χ1) is 10.2. The summed E-state index contributed by atoms with van der Waals surface area (Å²) in [4.78, 5) is 0. The van der Waals surface area contributed by atoms with Gasteiger partial charge in [0.25, 0.3) is 0 Å². The molecule has 0 radical (unpaired) electrons. The largest absolute Gasteiger partial charge is 0.487 e. The van der Waals surface area contributed by atoms with Crippen molar-refractivity contribution in [3.8, 4) is 17.2 Å². The first kappa shape index (κ1) is 14.5. The summed E-state index contributed by atoms with van der Waals surface area (Å²) in [5.41, 5.74) is 1.10. The molecule has 5 heteroatoms. The van der Waals surface area contributed by atoms with Crippen LogP contribution < -0.4 is 19.5 Å². The van der Waals surface area contributed by atoms with E-state index in [1.807, 2.05) is 12.1 Å². The van der Waals surface area contributed by atoms with Gasteiger partial charge in [0, 0.05) is 24.6 Å². The second kappa shape index (κ2) is 6.54. The first-order valence-corrected chi connectivity index (χ1v) is 7.60. The van der Waals surface area contributed by atoms with Crippen molar-refractivity contribution in [2.24, 2.45) is 5.92 Å². The Morgan fingerprint density at radius 2 is 2.10 bits per heavy atom. The number of ether oxygens (including phenoxy) is 4. The molecule has 1 atom stereocenters. The molecule has 3 rings (SSSR count). The van der Waals surface area contributed by atoms with Crippen LogP contribution in [-0.2, 0) is 11.3 Å². The molecule has 1 fully saturated rings. The lowest BCUT2D eigenvalue weighted by molar-refractivity contribution is 0.140. The third-order valence-electron chi connectivity index (χ3n) is 3.61. The second-order valence-electron chi connectivity index (χ2n) is 5.94. The highest BCUT2D eigenvalue weighted by Crippen LogP contribution is 2.38. The molecule has 0 aromatic heterocycles. The van der Waals surface area contributed by atoms with Crippen molar-refractivity contribution in [1.82, 2.24) is 5.32 Å². The quantitative estimate of drug-likeness (QED) is 0.872. The Balaban J connectivity index is 1.74. The van der Waals surface area contributed by atoms with Gasteiger partial charge in [0.05, 0.1) is 13.2 Å². The summed E-state index contributed by atoms with van der Waals surface area (Å²) in [5, 5.41) is 3.45. The van der Waals surface area contributed by atoms with Crippen LogP contribution in [0.15, 0.2) is 12.1 Å². The maximum atomic E-state index is 6.09. The monoisotopic (exact) mass is 293 g/mol. The molecule has 0 saturated carbocycles. The van der Waals surface area contributed by atoms with Crippen molar-refractivity contribution >= 4 is 0 Å². The number of rotatable bonds is 6. The van der Waals surface area contributed by atoms with Crippen molar-refractivity contribution in [1.29, 1.82) is 0 Å². The van der Waals surface area contributed by atoms with Crippen molar-refractivity contribution in [2.45, 2.75) is 32.9 Å². The molecule has 0 spiro atoms. The molecular weight excluding hydrogens is 270 g/mol. The van der Waals surface area contributed by atoms with Crippen LogP contribution in [0.1, 0.15) is 25.8 Å². The summed E-state index contributed by atoms with van der Waals surface area (Å²) < 4.78 is 22.4. The molecule has 1 N–H and O–H groups in total. The first-order valence-electron chi connectivity index (χ1n) is 7.60. The van der Waals surface area contributed by atoms with Crippen molar-refractivity contribution in [3.63, 3.8) is 0 Å². The van der Waals surface area contributed by atoms with E-state index >= 15 is 0 Å². The molecule has 0 amide bonds. The molecule has 1 saturated heterocycles. The minimum atomic E-state index is 0.134. The van der Waals surface area contributed by atoms with E-state index in [1.54, 1.807) is 0 Å². The van der Waals surface area contributed by atoms with E-state index in [9.17, 15) is 0 Å². The fraction of sp³-hybridized carbons (Fsp3) is 0.625. The smallest absolute Gasteiger partial charge is 0.231 e. The van der Waals surface area contributed by atoms with Gasteiger partial charge in [-0.3, -0.25) is 0 Å². The zero-order valence-corrected chi connectivity index (χ0v) is 12.7. The molecule has 5 nitrogen and oxygen atoms in total. The summed E-state index contributed by atoms with van der Waals surface area (Å²) in [6.07, 6.45) is 1.07. The SMILES string of the molecule is CC(C)CNCc1cc2c(cc1OC1CCOC1)OCO2. The van der Waals surface area contributed by atoms with E-state index in [1.165, 1.54) is 0 Å². The van der Waals surface area contributed by atoms with E-state index < -0.39 is 0 Å². The molecule has 21 heavy (non-hydrogen) atoms. The normalized spacial score (nSPS) is 20.2. The van der Waals surface area contributed by atoms with Gasteiger partial charge < -0.3 is 24.3 Å². The van der Waals surface area contributed by atoms with Crippen molar-refractivity contribution < 1.29 is 18.9 Å². The number of benzene rings is 1. The molecule has 2 heterocycles. The molecule has 2 aliphatic rings. The van der Waals surface area contributed by atoms with Gasteiger partial charge >= 0.3 is 0 Å². The van der Waals surface area contributed by atoms with E-state index in [4.69, 9.17) is 18.9 Å². The molecule has 116 valence electrons. The van der Waals surface area contributed by atoms with Crippen LogP contribution >= 0.6 is 0 Å². The standard InChI is InChI=1S/C16H23NO4/c1-11(2)7-17-8-12-5-15-16(20-10-19-15)6-14(12)21-13-3-4-18-9-13/h5-6,11,13,17H,3-4,7-10H2,1-2H3. The zero-order chi connectivity index (χ0) is 14.7. The van der Waals surface area contributed by atoms with Crippen LogP contribution in [0.25, 0.3) is 0 Å². The van der Waals surface area contributed by atoms with Crippen LogP contribution in [0, 0.1) is 5.92 Å². The van der Waals surface area contributed by atoms with Gasteiger partial charge in [-0.25, -0.2) is 0 Å². The number of hydrogen-bond acceptors (Lipinski definition) is 5. The Labute approximate surface area is 125 Å². The average Bonchev–Trinajstić information content (AvgIpc) is 3.09. The van der Waals surface area contributed by atoms with Gasteiger partial charge in [0.2, 0.25) is 6.79 Å². The third kappa shape index (κ3) is 3.60. The van der Waals surface area contributed by atoms with Crippen LogP contribution in [-0.4, -0.2) is 32.7 Å². The van der Waals surface area contributed by atoms with Crippen molar-refractivity contribution in [3.05, 3.63) is 17.7 Å². The van der Waals surface area contributed by atoms with E-state index in [-0.39, 0.29) is 12.9 Å². The fourth-order valence-corrected chi connectivity index (χ4v) is 2.49. The summed E-state index contributed by atoms with van der Waals surface area (Å²) in [5.74, 6) is 3.04. The third-order valence-corrected chi connectivity index (χ3v) is 3.61. The maximum absolute atomic E-state index is 6.09. The predicted molar refractivity (Wildman–Crippen MR) is 79.0 cm³/mol. The fourth-order valence-electron chi connectivity index (χ4n) is 2.49. The molecule has 1 unspecified atom stereocenters. The molecule has 0 bridgehead atoms. The van der Waals surface area contributed by atoms with E-state index in [2.05, 4.69) is 19.2 Å². The van der Waals surface area contributed by atoms with Crippen molar-refractivity contribution in [2.75, 3.05) is 26.6 Å². The predicted octanol–water partition coefficient (Wildman–Crippen LogP) is 2.33. The Bertz CT molecular complexity index is 483. The van der Waals surface area contributed by atoms with Gasteiger partial charge in [0.15, 0.2) is 11.5 Å². The Hall–Kier alpha value is -1.46. The zero-order valence-electron chi connectivity index (χ0n) is 12.7. The highest BCUT2D eigenvalue weighted by Gasteiger charge is 2.22. The lowest BCUT2D eigenvalue weighted by Gasteiger charge is -2.17. The molecule has 1 aromatic rings. The minimum Gasteiger partial charge on any atom is -0.487 e. The topological polar surface area (TPSA) is 49.0 Å². The summed E-state index contributed by atoms with van der Waals surface area (Å²) in [6, 6.07) is 3.95. The molecular formula is C16H23NO4. The highest BCUT2D eigenvalue weighted by atomic mass is 16.7. The maximum Gasteiger partial charge on any atom is 0.231 e. The lowest BCUT2D eigenvalue weighted by atomic mass is 10.1. The molecule has 2 aliphatic heterocycles. The number of hydrogen-bond donors (Lipinski definition) is 1. The number of fused-ring (bicyclic) bond motifs is 1. The van der Waals surface area contributed by atoms with Gasteiger partial charge in [-0.05, 0) is 18.5 Å². The summed E-state index contributed by atoms with van der Waals surface area (Å²) in [7, 11) is 0. The average molecular weight is 293 g/mol. The number of nitrogens with one attached hydrogen (secondary N) is 1. The second-order valence-corrected chi connectivity index (χ2v) is 5.94. The van der Waals surface area contributed by atoms with E-state index in [0.29, 0.717) is 12.5 Å². The summed E-state index contributed by atoms with van der Waals surface area (Å²) in [6.45, 7) is 7.84. The van der Waals surface area contributed by atoms with E-state index in [0.717, 1.165) is 48.9 Å². The summed E-state index contributed by atoms with van der Waals surface area (Å²) >= 11 is 0. The van der Waals surface area contributed by atoms with Crippen LogP contribution in [0.4, 0.5) is 0 Å². The van der Waals surface area contributed by atoms with Crippen LogP contribution in [0.5, 0.6) is 17.2 Å². The van der Waals surface area contributed by atoms with Crippen LogP contribution in [0.3, 0.4) is 0 Å². The molecule has 1 aromatic carbocycles. The van der Waals surface area contributed by atoms with Gasteiger partial charge in [-0.1, -0.05) is 13.8 Å².